The van der Waals surface area contributed by atoms with Crippen LogP contribution in [-0.4, -0.2) is 27.1 Å². The fraction of sp³-hybridized carbons (Fsp3) is 0.118. The number of carbonyl (C=O) groups excluding carboxylic acids is 1. The minimum absolute atomic E-state index is 0.0286. The van der Waals surface area contributed by atoms with E-state index in [9.17, 15) is 9.59 Å². The highest BCUT2D eigenvalue weighted by molar-refractivity contribution is 7.80. The number of nitrogens with one attached hydrogen (secondary N) is 1. The van der Waals surface area contributed by atoms with Gasteiger partial charge < -0.3 is 10.3 Å². The summed E-state index contributed by atoms with van der Waals surface area (Å²) in [5, 5.41) is 1.33. The van der Waals surface area contributed by atoms with E-state index < -0.39 is 5.91 Å². The van der Waals surface area contributed by atoms with Crippen molar-refractivity contribution >= 4 is 23.2 Å². The van der Waals surface area contributed by atoms with Crippen LogP contribution in [0.4, 0.5) is 0 Å². The topological polar surface area (TPSA) is 80.4 Å². The van der Waals surface area contributed by atoms with Crippen molar-refractivity contribution in [1.29, 1.82) is 0 Å². The molecular weight excluding hydrogens is 324 g/mol. The van der Waals surface area contributed by atoms with Crippen LogP contribution < -0.4 is 16.7 Å². The van der Waals surface area contributed by atoms with Gasteiger partial charge in [0.25, 0.3) is 11.5 Å². The zero-order valence-corrected chi connectivity index (χ0v) is 13.8. The van der Waals surface area contributed by atoms with Gasteiger partial charge >= 0.3 is 0 Å². The predicted molar refractivity (Wildman–Crippen MR) is 97.4 cm³/mol. The summed E-state index contributed by atoms with van der Waals surface area (Å²) in [6.07, 6.45) is 3.08. The van der Waals surface area contributed by atoms with Gasteiger partial charge in [-0.25, -0.2) is 0 Å². The van der Waals surface area contributed by atoms with Crippen LogP contribution in [-0.2, 0) is 6.54 Å². The molecule has 0 saturated carbocycles. The first-order valence-corrected chi connectivity index (χ1v) is 7.65. The first kappa shape index (κ1) is 17.4. The minimum Gasteiger partial charge on any atom is -0.375 e. The largest absolute Gasteiger partial charge is 0.375 e. The third-order valence-electron chi connectivity index (χ3n) is 3.26. The average molecular weight is 342 g/mol. The van der Waals surface area contributed by atoms with Crippen LogP contribution in [0.2, 0.25) is 0 Å². The molecular formula is C17H18N4O2S. The number of nitrogens with two attached hydrogens (primary N) is 1. The summed E-state index contributed by atoms with van der Waals surface area (Å²) in [5.74, 6) is -0.411. The van der Waals surface area contributed by atoms with Crippen LogP contribution in [0.3, 0.4) is 0 Å². The molecule has 2 rings (SSSR count). The van der Waals surface area contributed by atoms with Crippen molar-refractivity contribution in [2.75, 3.05) is 6.54 Å². The molecule has 0 radical (unpaired) electrons. The van der Waals surface area contributed by atoms with Gasteiger partial charge in [0.15, 0.2) is 5.11 Å². The van der Waals surface area contributed by atoms with E-state index in [1.54, 1.807) is 6.08 Å². The van der Waals surface area contributed by atoms with Crippen LogP contribution >= 0.6 is 12.2 Å². The summed E-state index contributed by atoms with van der Waals surface area (Å²) in [7, 11) is 0. The average Bonchev–Trinajstić information content (AvgIpc) is 2.57. The lowest BCUT2D eigenvalue weighted by atomic mass is 10.2. The predicted octanol–water partition coefficient (Wildman–Crippen LogP) is 1.27. The van der Waals surface area contributed by atoms with E-state index in [0.717, 1.165) is 5.56 Å². The van der Waals surface area contributed by atoms with Gasteiger partial charge in [0.1, 0.15) is 0 Å². The number of rotatable bonds is 5. The van der Waals surface area contributed by atoms with Gasteiger partial charge in [-0.15, -0.1) is 6.58 Å². The van der Waals surface area contributed by atoms with Gasteiger partial charge in [-0.1, -0.05) is 36.4 Å². The molecule has 1 amide bonds. The molecule has 0 aliphatic rings. The molecule has 0 spiro atoms. The molecule has 0 atom stereocenters. The van der Waals surface area contributed by atoms with E-state index >= 15 is 0 Å². The summed E-state index contributed by atoms with van der Waals surface area (Å²) in [6, 6.07) is 12.3. The van der Waals surface area contributed by atoms with Gasteiger partial charge in [-0.05, 0) is 23.8 Å². The Labute approximate surface area is 145 Å². The Hall–Kier alpha value is -2.93. The van der Waals surface area contributed by atoms with Gasteiger partial charge in [-0.2, -0.15) is 0 Å². The monoisotopic (exact) mass is 342 g/mol. The van der Waals surface area contributed by atoms with Crippen molar-refractivity contribution in [2.24, 2.45) is 5.73 Å². The Morgan fingerprint density at radius 3 is 2.62 bits per heavy atom. The maximum atomic E-state index is 12.3. The summed E-state index contributed by atoms with van der Waals surface area (Å²) in [5.41, 5.74) is 9.24. The molecule has 1 aromatic heterocycles. The number of thiocarbonyl (C=S) groups is 1. The minimum atomic E-state index is -0.411. The molecule has 124 valence electrons. The molecule has 1 aromatic carbocycles. The molecule has 1 heterocycles. The number of carbonyl (C=O) groups is 1. The van der Waals surface area contributed by atoms with Crippen LogP contribution in [0, 0.1) is 0 Å². The van der Waals surface area contributed by atoms with Gasteiger partial charge in [-0.3, -0.25) is 20.0 Å². The first-order chi connectivity index (χ1) is 11.5. The summed E-state index contributed by atoms with van der Waals surface area (Å²) in [6.45, 7) is 4.25. The molecule has 0 unspecified atom stereocenters. The fourth-order valence-electron chi connectivity index (χ4n) is 2.08. The molecule has 0 saturated heterocycles. The highest BCUT2D eigenvalue weighted by Crippen LogP contribution is 2.03. The number of amides is 1. The molecule has 0 bridgehead atoms. The highest BCUT2D eigenvalue weighted by Gasteiger charge is 2.12. The van der Waals surface area contributed by atoms with Gasteiger partial charge in [0.2, 0.25) is 0 Å². The SMILES string of the molecule is C=CCN(NC(=O)c1ccc(=O)n(Cc2ccccc2)c1)C(N)=S. The third-order valence-corrected chi connectivity index (χ3v) is 3.48. The molecule has 0 fully saturated rings. The van der Waals surface area contributed by atoms with Crippen molar-refractivity contribution in [2.45, 2.75) is 6.54 Å². The lowest BCUT2D eigenvalue weighted by Crippen LogP contribution is -2.48. The molecule has 24 heavy (non-hydrogen) atoms. The van der Waals surface area contributed by atoms with Crippen LogP contribution in [0.15, 0.2) is 66.1 Å². The maximum absolute atomic E-state index is 12.3. The lowest BCUT2D eigenvalue weighted by Gasteiger charge is -2.21. The van der Waals surface area contributed by atoms with Crippen LogP contribution in [0.1, 0.15) is 15.9 Å². The number of benzene rings is 1. The van der Waals surface area contributed by atoms with Crippen molar-refractivity contribution in [3.05, 3.63) is 82.8 Å². The zero-order chi connectivity index (χ0) is 17.5. The quantitative estimate of drug-likeness (QED) is 0.486. The Bertz CT molecular complexity index is 802. The highest BCUT2D eigenvalue weighted by atomic mass is 32.1. The van der Waals surface area contributed by atoms with E-state index in [4.69, 9.17) is 18.0 Å². The molecule has 3 N–H and O–H groups in total. The van der Waals surface area contributed by atoms with E-state index in [0.29, 0.717) is 12.1 Å². The Balaban J connectivity index is 2.20. The molecule has 0 aliphatic heterocycles. The number of nitrogens with zero attached hydrogens (tertiary/aromatic N) is 2. The third kappa shape index (κ3) is 4.53. The van der Waals surface area contributed by atoms with Crippen molar-refractivity contribution in [3.8, 4) is 0 Å². The Morgan fingerprint density at radius 1 is 1.29 bits per heavy atom. The standard InChI is InChI=1S/C17H18N4O2S/c1-2-10-21(17(18)24)19-16(23)14-8-9-15(22)20(12-14)11-13-6-4-3-5-7-13/h2-9,12H,1,10-11H2,(H2,18,24)(H,19,23). The maximum Gasteiger partial charge on any atom is 0.271 e. The lowest BCUT2D eigenvalue weighted by molar-refractivity contribution is 0.0878. The second-order valence-electron chi connectivity index (χ2n) is 5.05. The van der Waals surface area contributed by atoms with Gasteiger partial charge in [0, 0.05) is 12.3 Å². The summed E-state index contributed by atoms with van der Waals surface area (Å²) >= 11 is 4.87. The number of hydrogen-bond donors (Lipinski definition) is 2. The molecule has 7 heteroatoms. The number of aromatic nitrogens is 1. The molecule has 2 aromatic rings. The molecule has 6 nitrogen and oxygen atoms in total. The van der Waals surface area contributed by atoms with Gasteiger partial charge in [0.05, 0.1) is 18.7 Å². The number of pyridine rings is 1. The Kier molecular flexibility index (Phi) is 5.86. The number of hydrazine groups is 1. The zero-order valence-electron chi connectivity index (χ0n) is 13.0. The van der Waals surface area contributed by atoms with E-state index in [1.165, 1.54) is 27.9 Å². The molecule has 0 aliphatic carbocycles. The van der Waals surface area contributed by atoms with Crippen molar-refractivity contribution < 1.29 is 4.79 Å². The van der Waals surface area contributed by atoms with Crippen LogP contribution in [0.5, 0.6) is 0 Å². The van der Waals surface area contributed by atoms with Crippen molar-refractivity contribution in [1.82, 2.24) is 15.0 Å². The Morgan fingerprint density at radius 2 is 2.00 bits per heavy atom. The summed E-state index contributed by atoms with van der Waals surface area (Å²) in [4.78, 5) is 24.3. The van der Waals surface area contributed by atoms with E-state index in [-0.39, 0.29) is 17.2 Å². The van der Waals surface area contributed by atoms with E-state index in [2.05, 4.69) is 12.0 Å². The second kappa shape index (κ2) is 8.07. The smallest absolute Gasteiger partial charge is 0.271 e. The first-order valence-electron chi connectivity index (χ1n) is 7.24. The second-order valence-corrected chi connectivity index (χ2v) is 5.47. The summed E-state index contributed by atoms with van der Waals surface area (Å²) < 4.78 is 1.48. The van der Waals surface area contributed by atoms with E-state index in [1.807, 2.05) is 30.3 Å². The normalized spacial score (nSPS) is 10.0. The fourth-order valence-corrected chi connectivity index (χ4v) is 2.20. The number of hydrogen-bond acceptors (Lipinski definition) is 3. The van der Waals surface area contributed by atoms with Crippen molar-refractivity contribution in [3.63, 3.8) is 0 Å². The van der Waals surface area contributed by atoms with Crippen LogP contribution in [0.25, 0.3) is 0 Å².